The van der Waals surface area contributed by atoms with Crippen molar-refractivity contribution in [2.75, 3.05) is 5.32 Å². The number of nitrogens with zero attached hydrogens (tertiary/aromatic N) is 3. The molecule has 0 saturated heterocycles. The Hall–Kier alpha value is -2.69. The van der Waals surface area contributed by atoms with Crippen molar-refractivity contribution in [2.24, 2.45) is 7.05 Å². The van der Waals surface area contributed by atoms with Crippen LogP contribution in [0.1, 0.15) is 36.6 Å². The fourth-order valence-corrected chi connectivity index (χ4v) is 3.11. The largest absolute Gasteiger partial charge is 0.326 e. The minimum absolute atomic E-state index is 0.0539. The lowest BCUT2D eigenvalue weighted by atomic mass is 10.0. The van der Waals surface area contributed by atoms with Crippen LogP contribution in [-0.2, 0) is 11.8 Å². The number of aromatic nitrogens is 3. The second-order valence-corrected chi connectivity index (χ2v) is 6.61. The number of carbonyl (C=O) groups is 1. The predicted octanol–water partition coefficient (Wildman–Crippen LogP) is 4.30. The summed E-state index contributed by atoms with van der Waals surface area (Å²) in [5, 5.41) is 8.48. The van der Waals surface area contributed by atoms with E-state index in [0.717, 1.165) is 51.1 Å². The predicted molar refractivity (Wildman–Crippen MR) is 102 cm³/mol. The van der Waals surface area contributed by atoms with Crippen LogP contribution >= 0.6 is 0 Å². The van der Waals surface area contributed by atoms with Crippen LogP contribution in [0, 0.1) is 20.8 Å². The molecule has 1 N–H and O–H groups in total. The second-order valence-electron chi connectivity index (χ2n) is 6.61. The van der Waals surface area contributed by atoms with Crippen LogP contribution in [0.25, 0.3) is 22.2 Å². The number of anilines is 1. The van der Waals surface area contributed by atoms with Crippen molar-refractivity contribution in [1.29, 1.82) is 0 Å². The molecule has 0 aliphatic heterocycles. The van der Waals surface area contributed by atoms with Gasteiger partial charge in [-0.3, -0.25) is 9.48 Å². The van der Waals surface area contributed by atoms with Crippen LogP contribution in [0.5, 0.6) is 0 Å². The lowest BCUT2D eigenvalue weighted by Gasteiger charge is -2.12. The van der Waals surface area contributed by atoms with Gasteiger partial charge >= 0.3 is 0 Å². The number of benzene rings is 1. The molecule has 0 saturated carbocycles. The number of pyridine rings is 1. The standard InChI is InChI=1S/C20H24N4O/c1-6-7-20(25)22-17-10-15-12(2)8-19(21-18(15)9-13(17)3)16-11-24(5)23-14(16)4/h8-11H,6-7H2,1-5H3,(H,22,25). The van der Waals surface area contributed by atoms with E-state index in [1.807, 2.05) is 50.8 Å². The topological polar surface area (TPSA) is 59.8 Å². The summed E-state index contributed by atoms with van der Waals surface area (Å²) in [6.45, 7) is 8.07. The molecular formula is C20H24N4O. The third kappa shape index (κ3) is 3.40. The summed E-state index contributed by atoms with van der Waals surface area (Å²) >= 11 is 0. The molecule has 25 heavy (non-hydrogen) atoms. The molecule has 0 aliphatic rings. The maximum Gasteiger partial charge on any atom is 0.224 e. The Morgan fingerprint density at radius 1 is 1.16 bits per heavy atom. The molecule has 0 spiro atoms. The van der Waals surface area contributed by atoms with Crippen LogP contribution in [0.2, 0.25) is 0 Å². The number of fused-ring (bicyclic) bond motifs is 1. The number of aryl methyl sites for hydroxylation is 4. The highest BCUT2D eigenvalue weighted by atomic mass is 16.1. The van der Waals surface area contributed by atoms with E-state index < -0.39 is 0 Å². The van der Waals surface area contributed by atoms with E-state index in [2.05, 4.69) is 23.4 Å². The normalized spacial score (nSPS) is 11.1. The van der Waals surface area contributed by atoms with Crippen LogP contribution in [0.3, 0.4) is 0 Å². The van der Waals surface area contributed by atoms with E-state index in [1.54, 1.807) is 0 Å². The Morgan fingerprint density at radius 2 is 1.92 bits per heavy atom. The van der Waals surface area contributed by atoms with Crippen LogP contribution in [0.4, 0.5) is 5.69 Å². The summed E-state index contributed by atoms with van der Waals surface area (Å²) in [5.41, 5.74) is 6.89. The molecule has 0 atom stereocenters. The van der Waals surface area contributed by atoms with Gasteiger partial charge in [0.15, 0.2) is 0 Å². The quantitative estimate of drug-likeness (QED) is 0.773. The SMILES string of the molecule is CCCC(=O)Nc1cc2c(C)cc(-c3cn(C)nc3C)nc2cc1C. The lowest BCUT2D eigenvalue weighted by molar-refractivity contribution is -0.116. The summed E-state index contributed by atoms with van der Waals surface area (Å²) in [4.78, 5) is 16.8. The molecule has 0 bridgehead atoms. The Bertz CT molecular complexity index is 956. The third-order valence-corrected chi connectivity index (χ3v) is 4.40. The molecular weight excluding hydrogens is 312 g/mol. The van der Waals surface area contributed by atoms with Gasteiger partial charge in [0, 0.05) is 36.3 Å². The monoisotopic (exact) mass is 336 g/mol. The van der Waals surface area contributed by atoms with Crippen molar-refractivity contribution in [2.45, 2.75) is 40.5 Å². The molecule has 3 rings (SSSR count). The Morgan fingerprint density at radius 3 is 2.56 bits per heavy atom. The number of rotatable bonds is 4. The first-order valence-electron chi connectivity index (χ1n) is 8.61. The van der Waals surface area contributed by atoms with E-state index in [-0.39, 0.29) is 5.91 Å². The highest BCUT2D eigenvalue weighted by Crippen LogP contribution is 2.29. The Labute approximate surface area is 148 Å². The molecule has 5 nitrogen and oxygen atoms in total. The van der Waals surface area contributed by atoms with E-state index in [1.165, 1.54) is 0 Å². The third-order valence-electron chi connectivity index (χ3n) is 4.40. The Balaban J connectivity index is 2.08. The number of hydrogen-bond donors (Lipinski definition) is 1. The molecule has 0 unspecified atom stereocenters. The fraction of sp³-hybridized carbons (Fsp3) is 0.350. The minimum atomic E-state index is 0.0539. The van der Waals surface area contributed by atoms with Gasteiger partial charge in [0.25, 0.3) is 0 Å². The Kier molecular flexibility index (Phi) is 4.57. The summed E-state index contributed by atoms with van der Waals surface area (Å²) in [7, 11) is 1.92. The molecule has 130 valence electrons. The van der Waals surface area contributed by atoms with Gasteiger partial charge in [0.05, 0.1) is 16.9 Å². The average molecular weight is 336 g/mol. The van der Waals surface area contributed by atoms with Crippen molar-refractivity contribution in [3.8, 4) is 11.3 Å². The zero-order chi connectivity index (χ0) is 18.1. The molecule has 0 fully saturated rings. The average Bonchev–Trinajstić information content (AvgIpc) is 2.87. The summed E-state index contributed by atoms with van der Waals surface area (Å²) in [5.74, 6) is 0.0539. The van der Waals surface area contributed by atoms with Gasteiger partial charge in [0.2, 0.25) is 5.91 Å². The first-order valence-corrected chi connectivity index (χ1v) is 8.61. The van der Waals surface area contributed by atoms with Crippen molar-refractivity contribution in [3.05, 3.63) is 41.2 Å². The lowest BCUT2D eigenvalue weighted by Crippen LogP contribution is -2.11. The molecule has 3 aromatic rings. The van der Waals surface area contributed by atoms with Crippen LogP contribution in [-0.4, -0.2) is 20.7 Å². The number of carbonyl (C=O) groups excluding carboxylic acids is 1. The van der Waals surface area contributed by atoms with Gasteiger partial charge < -0.3 is 5.32 Å². The van der Waals surface area contributed by atoms with E-state index in [0.29, 0.717) is 6.42 Å². The van der Waals surface area contributed by atoms with E-state index >= 15 is 0 Å². The molecule has 5 heteroatoms. The summed E-state index contributed by atoms with van der Waals surface area (Å²) < 4.78 is 1.81. The van der Waals surface area contributed by atoms with Gasteiger partial charge in [-0.05, 0) is 56.5 Å². The second kappa shape index (κ2) is 6.67. The van der Waals surface area contributed by atoms with Gasteiger partial charge in [-0.2, -0.15) is 5.10 Å². The molecule has 2 heterocycles. The van der Waals surface area contributed by atoms with Gasteiger partial charge in [-0.25, -0.2) is 4.98 Å². The first kappa shape index (κ1) is 17.1. The smallest absolute Gasteiger partial charge is 0.224 e. The molecule has 1 amide bonds. The van der Waals surface area contributed by atoms with Crippen molar-refractivity contribution in [1.82, 2.24) is 14.8 Å². The maximum absolute atomic E-state index is 11.9. The van der Waals surface area contributed by atoms with Crippen LogP contribution in [0.15, 0.2) is 24.4 Å². The summed E-state index contributed by atoms with van der Waals surface area (Å²) in [6, 6.07) is 6.15. The van der Waals surface area contributed by atoms with Crippen molar-refractivity contribution in [3.63, 3.8) is 0 Å². The molecule has 0 aliphatic carbocycles. The number of nitrogens with one attached hydrogen (secondary N) is 1. The minimum Gasteiger partial charge on any atom is -0.326 e. The highest BCUT2D eigenvalue weighted by molar-refractivity contribution is 5.96. The first-order chi connectivity index (χ1) is 11.9. The van der Waals surface area contributed by atoms with Crippen molar-refractivity contribution < 1.29 is 4.79 Å². The zero-order valence-corrected chi connectivity index (χ0v) is 15.5. The van der Waals surface area contributed by atoms with Crippen molar-refractivity contribution >= 4 is 22.5 Å². The van der Waals surface area contributed by atoms with Gasteiger partial charge in [0.1, 0.15) is 0 Å². The number of amides is 1. The van der Waals surface area contributed by atoms with Gasteiger partial charge in [-0.1, -0.05) is 6.92 Å². The van der Waals surface area contributed by atoms with Gasteiger partial charge in [-0.15, -0.1) is 0 Å². The fourth-order valence-electron chi connectivity index (χ4n) is 3.11. The maximum atomic E-state index is 11.9. The highest BCUT2D eigenvalue weighted by Gasteiger charge is 2.12. The molecule has 1 aromatic carbocycles. The molecule has 0 radical (unpaired) electrons. The van der Waals surface area contributed by atoms with E-state index in [9.17, 15) is 4.79 Å². The summed E-state index contributed by atoms with van der Waals surface area (Å²) in [6.07, 6.45) is 3.37. The van der Waals surface area contributed by atoms with E-state index in [4.69, 9.17) is 4.98 Å². The van der Waals surface area contributed by atoms with Crippen LogP contribution < -0.4 is 5.32 Å². The zero-order valence-electron chi connectivity index (χ0n) is 15.5. The molecule has 2 aromatic heterocycles. The number of hydrogen-bond acceptors (Lipinski definition) is 3.